The Hall–Kier alpha value is -2.74. The lowest BCUT2D eigenvalue weighted by molar-refractivity contribution is 0.0952. The average molecular weight is 392 g/mol. The molecular weight excluding hydrogens is 368 g/mol. The zero-order valence-corrected chi connectivity index (χ0v) is 16.6. The van der Waals surface area contributed by atoms with E-state index in [1.54, 1.807) is 31.2 Å². The molecule has 0 bridgehead atoms. The van der Waals surface area contributed by atoms with Crippen molar-refractivity contribution in [3.05, 3.63) is 48.0 Å². The van der Waals surface area contributed by atoms with Gasteiger partial charge in [-0.05, 0) is 63.2 Å². The number of amides is 1. The van der Waals surface area contributed by atoms with Crippen LogP contribution in [0, 0.1) is 0 Å². The normalized spacial score (nSPS) is 11.1. The number of hydrogen-bond acceptors (Lipinski definition) is 5. The molecule has 0 saturated carbocycles. The summed E-state index contributed by atoms with van der Waals surface area (Å²) in [5.74, 6) is 0.549. The van der Waals surface area contributed by atoms with E-state index in [9.17, 15) is 13.2 Å². The molecule has 2 N–H and O–H groups in total. The topological polar surface area (TPSA) is 93.7 Å². The van der Waals surface area contributed by atoms with Crippen molar-refractivity contribution in [3.8, 4) is 11.5 Å². The maximum atomic E-state index is 12.7. The minimum absolute atomic E-state index is 0.0273. The van der Waals surface area contributed by atoms with Crippen molar-refractivity contribution in [1.82, 2.24) is 5.32 Å². The van der Waals surface area contributed by atoms with Crippen LogP contribution in [0.2, 0.25) is 0 Å². The monoisotopic (exact) mass is 392 g/mol. The molecule has 0 aliphatic heterocycles. The van der Waals surface area contributed by atoms with E-state index < -0.39 is 15.9 Å². The van der Waals surface area contributed by atoms with Gasteiger partial charge in [0, 0.05) is 12.2 Å². The number of anilines is 1. The smallest absolute Gasteiger partial charge is 0.261 e. The second kappa shape index (κ2) is 8.77. The Morgan fingerprint density at radius 1 is 1.11 bits per heavy atom. The standard InChI is InChI=1S/C19H24N2O5S/c1-5-20-19(22)17-12-16(10-11-18(17)25-4)27(23,24)21-14-6-8-15(9-7-14)26-13(2)3/h6-13,21H,5H2,1-4H3,(H,20,22). The Kier molecular flexibility index (Phi) is 6.68. The van der Waals surface area contributed by atoms with Crippen molar-refractivity contribution < 1.29 is 22.7 Å². The molecule has 1 amide bonds. The molecule has 7 nitrogen and oxygen atoms in total. The van der Waals surface area contributed by atoms with Crippen LogP contribution in [0.15, 0.2) is 47.4 Å². The first-order valence-corrected chi connectivity index (χ1v) is 10.0. The van der Waals surface area contributed by atoms with Crippen molar-refractivity contribution in [1.29, 1.82) is 0 Å². The SMILES string of the molecule is CCNC(=O)c1cc(S(=O)(=O)Nc2ccc(OC(C)C)cc2)ccc1OC. The third-order valence-electron chi connectivity index (χ3n) is 3.54. The fraction of sp³-hybridized carbons (Fsp3) is 0.316. The molecule has 27 heavy (non-hydrogen) atoms. The summed E-state index contributed by atoms with van der Waals surface area (Å²) in [6.45, 7) is 6.01. The van der Waals surface area contributed by atoms with Gasteiger partial charge in [-0.15, -0.1) is 0 Å². The van der Waals surface area contributed by atoms with Crippen molar-refractivity contribution in [3.63, 3.8) is 0 Å². The van der Waals surface area contributed by atoms with Crippen LogP contribution < -0.4 is 19.5 Å². The van der Waals surface area contributed by atoms with Gasteiger partial charge in [0.1, 0.15) is 11.5 Å². The van der Waals surface area contributed by atoms with E-state index in [-0.39, 0.29) is 16.6 Å². The highest BCUT2D eigenvalue weighted by Gasteiger charge is 2.20. The Balaban J connectivity index is 2.28. The lowest BCUT2D eigenvalue weighted by atomic mass is 10.2. The van der Waals surface area contributed by atoms with Crippen LogP contribution >= 0.6 is 0 Å². The molecular formula is C19H24N2O5S. The molecule has 0 aliphatic carbocycles. The summed E-state index contributed by atoms with van der Waals surface area (Å²) in [4.78, 5) is 12.1. The fourth-order valence-corrected chi connectivity index (χ4v) is 3.46. The van der Waals surface area contributed by atoms with Crippen LogP contribution in [0.3, 0.4) is 0 Å². The maximum Gasteiger partial charge on any atom is 0.261 e. The summed E-state index contributed by atoms with van der Waals surface area (Å²) in [5.41, 5.74) is 0.546. The Morgan fingerprint density at radius 2 is 1.78 bits per heavy atom. The van der Waals surface area contributed by atoms with E-state index in [1.807, 2.05) is 13.8 Å². The molecule has 0 unspecified atom stereocenters. The Bertz CT molecular complexity index is 893. The molecule has 0 aromatic heterocycles. The number of benzene rings is 2. The van der Waals surface area contributed by atoms with Gasteiger partial charge in [-0.25, -0.2) is 8.42 Å². The van der Waals surface area contributed by atoms with Crippen molar-refractivity contribution in [2.24, 2.45) is 0 Å². The zero-order chi connectivity index (χ0) is 20.0. The molecule has 2 aromatic rings. The number of sulfonamides is 1. The number of ether oxygens (including phenoxy) is 2. The second-order valence-electron chi connectivity index (χ2n) is 6.02. The van der Waals surface area contributed by atoms with Crippen LogP contribution in [0.5, 0.6) is 11.5 Å². The Labute approximate surface area is 159 Å². The van der Waals surface area contributed by atoms with Crippen LogP contribution in [-0.2, 0) is 10.0 Å². The minimum Gasteiger partial charge on any atom is -0.496 e. The highest BCUT2D eigenvalue weighted by atomic mass is 32.2. The quantitative estimate of drug-likeness (QED) is 0.720. The second-order valence-corrected chi connectivity index (χ2v) is 7.70. The van der Waals surface area contributed by atoms with Crippen molar-refractivity contribution in [2.45, 2.75) is 31.8 Å². The van der Waals surface area contributed by atoms with E-state index >= 15 is 0 Å². The molecule has 0 fully saturated rings. The predicted molar refractivity (Wildman–Crippen MR) is 104 cm³/mol. The highest BCUT2D eigenvalue weighted by Crippen LogP contribution is 2.25. The van der Waals surface area contributed by atoms with E-state index in [4.69, 9.17) is 9.47 Å². The fourth-order valence-electron chi connectivity index (χ4n) is 2.38. The van der Waals surface area contributed by atoms with E-state index in [2.05, 4.69) is 10.0 Å². The number of hydrogen-bond donors (Lipinski definition) is 2. The minimum atomic E-state index is -3.87. The zero-order valence-electron chi connectivity index (χ0n) is 15.8. The molecule has 0 aliphatic rings. The maximum absolute atomic E-state index is 12.7. The number of methoxy groups -OCH3 is 1. The summed E-state index contributed by atoms with van der Waals surface area (Å²) in [6.07, 6.45) is 0.0273. The third kappa shape index (κ3) is 5.37. The molecule has 146 valence electrons. The van der Waals surface area contributed by atoms with Gasteiger partial charge in [-0.1, -0.05) is 0 Å². The van der Waals surface area contributed by atoms with E-state index in [1.165, 1.54) is 25.3 Å². The van der Waals surface area contributed by atoms with E-state index in [0.29, 0.717) is 23.7 Å². The van der Waals surface area contributed by atoms with Gasteiger partial charge in [0.2, 0.25) is 0 Å². The molecule has 0 radical (unpaired) electrons. The highest BCUT2D eigenvalue weighted by molar-refractivity contribution is 7.92. The number of rotatable bonds is 8. The lowest BCUT2D eigenvalue weighted by Crippen LogP contribution is -2.24. The van der Waals surface area contributed by atoms with Gasteiger partial charge < -0.3 is 14.8 Å². The molecule has 0 heterocycles. The summed E-state index contributed by atoms with van der Waals surface area (Å²) in [7, 11) is -2.45. The first-order chi connectivity index (χ1) is 12.8. The van der Waals surface area contributed by atoms with Gasteiger partial charge in [-0.3, -0.25) is 9.52 Å². The summed E-state index contributed by atoms with van der Waals surface area (Å²) in [5, 5.41) is 2.64. The largest absolute Gasteiger partial charge is 0.496 e. The molecule has 2 rings (SSSR count). The van der Waals surface area contributed by atoms with Crippen LogP contribution in [0.4, 0.5) is 5.69 Å². The molecule has 2 aromatic carbocycles. The summed E-state index contributed by atoms with van der Waals surface area (Å²) >= 11 is 0. The molecule has 0 spiro atoms. The first-order valence-electron chi connectivity index (χ1n) is 8.52. The van der Waals surface area contributed by atoms with Crippen LogP contribution in [-0.4, -0.2) is 34.1 Å². The Morgan fingerprint density at radius 3 is 2.33 bits per heavy atom. The van der Waals surface area contributed by atoms with Gasteiger partial charge in [0.15, 0.2) is 0 Å². The third-order valence-corrected chi connectivity index (χ3v) is 4.92. The van der Waals surface area contributed by atoms with Crippen molar-refractivity contribution in [2.75, 3.05) is 18.4 Å². The van der Waals surface area contributed by atoms with Crippen LogP contribution in [0.25, 0.3) is 0 Å². The van der Waals surface area contributed by atoms with E-state index in [0.717, 1.165) is 0 Å². The molecule has 0 saturated heterocycles. The average Bonchev–Trinajstić information content (AvgIpc) is 2.62. The molecule has 8 heteroatoms. The summed E-state index contributed by atoms with van der Waals surface area (Å²) < 4.78 is 38.6. The first kappa shape index (κ1) is 20.6. The number of nitrogens with one attached hydrogen (secondary N) is 2. The van der Waals surface area contributed by atoms with Gasteiger partial charge in [-0.2, -0.15) is 0 Å². The van der Waals surface area contributed by atoms with Crippen molar-refractivity contribution >= 4 is 21.6 Å². The summed E-state index contributed by atoms with van der Waals surface area (Å²) in [6, 6.07) is 10.7. The van der Waals surface area contributed by atoms with Gasteiger partial charge in [0.05, 0.1) is 23.7 Å². The van der Waals surface area contributed by atoms with Crippen LogP contribution in [0.1, 0.15) is 31.1 Å². The predicted octanol–water partition coefficient (Wildman–Crippen LogP) is 3.03. The van der Waals surface area contributed by atoms with Gasteiger partial charge >= 0.3 is 0 Å². The number of carbonyl (C=O) groups excluding carboxylic acids is 1. The lowest BCUT2D eigenvalue weighted by Gasteiger charge is -2.13. The van der Waals surface area contributed by atoms with Gasteiger partial charge in [0.25, 0.3) is 15.9 Å². The number of carbonyl (C=O) groups is 1. The molecule has 0 atom stereocenters.